The second kappa shape index (κ2) is 5.82. The number of amides is 1. The Hall–Kier alpha value is -1.91. The van der Waals surface area contributed by atoms with Crippen molar-refractivity contribution < 1.29 is 19.1 Å². The van der Waals surface area contributed by atoms with Crippen molar-refractivity contribution in [1.82, 2.24) is 4.90 Å². The Morgan fingerprint density at radius 3 is 2.79 bits per heavy atom. The Morgan fingerprint density at radius 2 is 2.16 bits per heavy atom. The normalized spacial score (nSPS) is 18.9. The molecule has 5 heteroatoms. The third-order valence-electron chi connectivity index (χ3n) is 3.40. The van der Waals surface area contributed by atoms with Gasteiger partial charge in [-0.1, -0.05) is 18.2 Å². The Bertz CT molecular complexity index is 489. The highest BCUT2D eigenvalue weighted by molar-refractivity contribution is 5.86. The van der Waals surface area contributed by atoms with E-state index in [-0.39, 0.29) is 24.7 Å². The van der Waals surface area contributed by atoms with E-state index in [0.717, 1.165) is 0 Å². The van der Waals surface area contributed by atoms with E-state index in [2.05, 4.69) is 0 Å². The van der Waals surface area contributed by atoms with Crippen LogP contribution < -0.4 is 0 Å². The molecule has 0 bridgehead atoms. The van der Waals surface area contributed by atoms with Gasteiger partial charge >= 0.3 is 5.97 Å². The minimum Gasteiger partial charge on any atom is -0.481 e. The Labute approximate surface area is 110 Å². The molecule has 19 heavy (non-hydrogen) atoms. The quantitative estimate of drug-likeness (QED) is 0.881. The second-order valence-corrected chi connectivity index (χ2v) is 4.77. The maximum atomic E-state index is 13.4. The molecule has 0 saturated carbocycles. The van der Waals surface area contributed by atoms with Gasteiger partial charge in [-0.05, 0) is 24.5 Å². The summed E-state index contributed by atoms with van der Waals surface area (Å²) in [5, 5.41) is 8.86. The van der Waals surface area contributed by atoms with E-state index in [9.17, 15) is 14.0 Å². The van der Waals surface area contributed by atoms with Crippen LogP contribution in [0.2, 0.25) is 0 Å². The maximum absolute atomic E-state index is 13.4. The van der Waals surface area contributed by atoms with E-state index >= 15 is 0 Å². The molecule has 1 aromatic carbocycles. The Balaban J connectivity index is 1.82. The second-order valence-electron chi connectivity index (χ2n) is 4.77. The number of likely N-dealkylation sites (tertiary alicyclic amines) is 1. The zero-order valence-electron chi connectivity index (χ0n) is 10.5. The van der Waals surface area contributed by atoms with Gasteiger partial charge in [0.25, 0.3) is 0 Å². The lowest BCUT2D eigenvalue weighted by atomic mass is 10.1. The van der Waals surface area contributed by atoms with Crippen LogP contribution in [0.15, 0.2) is 24.3 Å². The number of carbonyl (C=O) groups is 2. The number of carbonyl (C=O) groups excluding carboxylic acids is 1. The molecule has 1 aliphatic rings. The fourth-order valence-electron chi connectivity index (χ4n) is 2.32. The van der Waals surface area contributed by atoms with Gasteiger partial charge in [0, 0.05) is 19.5 Å². The molecule has 1 amide bonds. The van der Waals surface area contributed by atoms with E-state index in [1.165, 1.54) is 6.07 Å². The van der Waals surface area contributed by atoms with Crippen molar-refractivity contribution >= 4 is 11.9 Å². The summed E-state index contributed by atoms with van der Waals surface area (Å²) in [6.07, 6.45) is 1.27. The van der Waals surface area contributed by atoms with E-state index in [1.807, 2.05) is 0 Å². The first-order valence-electron chi connectivity index (χ1n) is 6.32. The molecule has 1 aliphatic heterocycles. The molecule has 1 unspecified atom stereocenters. The van der Waals surface area contributed by atoms with Crippen LogP contribution in [0.3, 0.4) is 0 Å². The molecule has 1 heterocycles. The summed E-state index contributed by atoms with van der Waals surface area (Å²) in [5.74, 6) is -1.88. The fraction of sp³-hybridized carbons (Fsp3) is 0.429. The first-order chi connectivity index (χ1) is 9.08. The van der Waals surface area contributed by atoms with Crippen LogP contribution in [-0.4, -0.2) is 35.0 Å². The summed E-state index contributed by atoms with van der Waals surface area (Å²) in [7, 11) is 0. The van der Waals surface area contributed by atoms with Crippen LogP contribution in [0.25, 0.3) is 0 Å². The zero-order chi connectivity index (χ0) is 13.8. The van der Waals surface area contributed by atoms with Crippen LogP contribution in [0, 0.1) is 11.7 Å². The van der Waals surface area contributed by atoms with Crippen LogP contribution in [0.5, 0.6) is 0 Å². The zero-order valence-corrected chi connectivity index (χ0v) is 10.5. The third-order valence-corrected chi connectivity index (χ3v) is 3.40. The van der Waals surface area contributed by atoms with Gasteiger partial charge in [0.15, 0.2) is 0 Å². The summed E-state index contributed by atoms with van der Waals surface area (Å²) in [6, 6.07) is 6.55. The lowest BCUT2D eigenvalue weighted by molar-refractivity contribution is -0.141. The molecule has 4 nitrogen and oxygen atoms in total. The summed E-state index contributed by atoms with van der Waals surface area (Å²) in [5.41, 5.74) is 0.629. The Morgan fingerprint density at radius 1 is 1.42 bits per heavy atom. The third kappa shape index (κ3) is 3.30. The van der Waals surface area contributed by atoms with Gasteiger partial charge in [0.2, 0.25) is 5.91 Å². The smallest absolute Gasteiger partial charge is 0.308 e. The molecule has 0 radical (unpaired) electrons. The molecule has 1 N–H and O–H groups in total. The predicted octanol–water partition coefficient (Wildman–Crippen LogP) is 1.69. The molecule has 1 atom stereocenters. The van der Waals surface area contributed by atoms with E-state index in [4.69, 9.17) is 5.11 Å². The SMILES string of the molecule is O=C(O)C1CC(=O)N(CCCc2ccccc2F)C1. The monoisotopic (exact) mass is 265 g/mol. The van der Waals surface area contributed by atoms with E-state index in [1.54, 1.807) is 23.1 Å². The van der Waals surface area contributed by atoms with Crippen LogP contribution in [-0.2, 0) is 16.0 Å². The predicted molar refractivity (Wildman–Crippen MR) is 67.0 cm³/mol. The molecule has 0 aliphatic carbocycles. The highest BCUT2D eigenvalue weighted by Crippen LogP contribution is 2.18. The lowest BCUT2D eigenvalue weighted by Crippen LogP contribution is -2.27. The van der Waals surface area contributed by atoms with Crippen molar-refractivity contribution in [2.45, 2.75) is 19.3 Å². The molecule has 0 aromatic heterocycles. The van der Waals surface area contributed by atoms with Gasteiger partial charge in [0.05, 0.1) is 5.92 Å². The number of halogens is 1. The summed E-state index contributed by atoms with van der Waals surface area (Å²) in [4.78, 5) is 23.9. The number of hydrogen-bond donors (Lipinski definition) is 1. The number of aliphatic carboxylic acids is 1. The van der Waals surface area contributed by atoms with E-state index in [0.29, 0.717) is 24.9 Å². The van der Waals surface area contributed by atoms with Crippen molar-refractivity contribution in [3.63, 3.8) is 0 Å². The van der Waals surface area contributed by atoms with Crippen LogP contribution >= 0.6 is 0 Å². The molecule has 0 spiro atoms. The number of aryl methyl sites for hydroxylation is 1. The molecular formula is C14H16FNO3. The van der Waals surface area contributed by atoms with Gasteiger partial charge in [-0.25, -0.2) is 4.39 Å². The van der Waals surface area contributed by atoms with E-state index < -0.39 is 11.9 Å². The number of nitrogens with zero attached hydrogens (tertiary/aromatic N) is 1. The highest BCUT2D eigenvalue weighted by Gasteiger charge is 2.33. The molecule has 1 fully saturated rings. The summed E-state index contributed by atoms with van der Waals surface area (Å²) >= 11 is 0. The number of rotatable bonds is 5. The van der Waals surface area contributed by atoms with Gasteiger partial charge < -0.3 is 10.0 Å². The van der Waals surface area contributed by atoms with Gasteiger partial charge in [0.1, 0.15) is 5.82 Å². The average Bonchev–Trinajstić information content (AvgIpc) is 2.74. The highest BCUT2D eigenvalue weighted by atomic mass is 19.1. The van der Waals surface area contributed by atoms with Crippen molar-refractivity contribution in [3.8, 4) is 0 Å². The minimum absolute atomic E-state index is 0.0784. The molecule has 1 aromatic rings. The fourth-order valence-corrected chi connectivity index (χ4v) is 2.32. The molecule has 102 valence electrons. The van der Waals surface area contributed by atoms with Gasteiger partial charge in [-0.15, -0.1) is 0 Å². The first-order valence-corrected chi connectivity index (χ1v) is 6.32. The largest absolute Gasteiger partial charge is 0.481 e. The number of carboxylic acid groups (broad SMARTS) is 1. The molecular weight excluding hydrogens is 249 g/mol. The van der Waals surface area contributed by atoms with Gasteiger partial charge in [-0.3, -0.25) is 9.59 Å². The van der Waals surface area contributed by atoms with Crippen LogP contribution in [0.4, 0.5) is 4.39 Å². The number of hydrogen-bond acceptors (Lipinski definition) is 2. The standard InChI is InChI=1S/C14H16FNO3/c15-12-6-2-1-4-10(12)5-3-7-16-9-11(14(18)19)8-13(16)17/h1-2,4,6,11H,3,5,7-9H2,(H,18,19). The molecule has 1 saturated heterocycles. The molecule has 2 rings (SSSR count). The Kier molecular flexibility index (Phi) is 4.14. The van der Waals surface area contributed by atoms with Crippen molar-refractivity contribution in [2.75, 3.05) is 13.1 Å². The average molecular weight is 265 g/mol. The minimum atomic E-state index is -0.926. The van der Waals surface area contributed by atoms with Crippen LogP contribution in [0.1, 0.15) is 18.4 Å². The lowest BCUT2D eigenvalue weighted by Gasteiger charge is -2.15. The maximum Gasteiger partial charge on any atom is 0.308 e. The first kappa shape index (κ1) is 13.5. The van der Waals surface area contributed by atoms with Crippen molar-refractivity contribution in [2.24, 2.45) is 5.92 Å². The summed E-state index contributed by atoms with van der Waals surface area (Å²) < 4.78 is 13.4. The van der Waals surface area contributed by atoms with Crippen molar-refractivity contribution in [1.29, 1.82) is 0 Å². The number of benzene rings is 1. The van der Waals surface area contributed by atoms with Crippen molar-refractivity contribution in [3.05, 3.63) is 35.6 Å². The topological polar surface area (TPSA) is 57.6 Å². The number of carboxylic acids is 1. The van der Waals surface area contributed by atoms with Gasteiger partial charge in [-0.2, -0.15) is 0 Å². The summed E-state index contributed by atoms with van der Waals surface area (Å²) in [6.45, 7) is 0.752.